The third-order valence-electron chi connectivity index (χ3n) is 9.43. The number of hydrogen-bond acceptors (Lipinski definition) is 4. The van der Waals surface area contributed by atoms with E-state index in [1.54, 1.807) is 6.07 Å². The number of aryl methyl sites for hydroxylation is 1. The fourth-order valence-corrected chi connectivity index (χ4v) is 9.84. The van der Waals surface area contributed by atoms with Gasteiger partial charge < -0.3 is 5.11 Å². The molecule has 4 aromatic carbocycles. The Labute approximate surface area is 313 Å². The average molecular weight is 717 g/mol. The van der Waals surface area contributed by atoms with E-state index in [2.05, 4.69) is 152 Å². The maximum absolute atomic E-state index is 11.0. The van der Waals surface area contributed by atoms with Crippen LogP contribution >= 0.6 is 19.3 Å². The van der Waals surface area contributed by atoms with Crippen molar-refractivity contribution < 1.29 is 5.11 Å². The Kier molecular flexibility index (Phi) is 9.74. The van der Waals surface area contributed by atoms with Crippen molar-refractivity contribution in [1.29, 1.82) is 0 Å². The summed E-state index contributed by atoms with van der Waals surface area (Å²) in [6, 6.07) is 47.1. The van der Waals surface area contributed by atoms with Crippen LogP contribution in [0.5, 0.6) is 5.75 Å². The second-order valence-corrected chi connectivity index (χ2v) is 18.9. The van der Waals surface area contributed by atoms with E-state index in [1.165, 1.54) is 37.1 Å². The minimum absolute atomic E-state index is 0.0263. The molecule has 0 aliphatic rings. The Morgan fingerprint density at radius 1 is 0.577 bits per heavy atom. The van der Waals surface area contributed by atoms with E-state index in [0.717, 1.165) is 33.5 Å². The van der Waals surface area contributed by atoms with Gasteiger partial charge in [0.15, 0.2) is 0 Å². The van der Waals surface area contributed by atoms with E-state index in [0.29, 0.717) is 5.56 Å². The molecule has 0 aliphatic carbocycles. The van der Waals surface area contributed by atoms with Crippen LogP contribution in [0.2, 0.25) is 0 Å². The van der Waals surface area contributed by atoms with Gasteiger partial charge in [0.1, 0.15) is 5.75 Å². The smallest absolute Gasteiger partial charge is 0.124 e. The van der Waals surface area contributed by atoms with Gasteiger partial charge in [-0.05, 0) is 105 Å². The van der Waals surface area contributed by atoms with Gasteiger partial charge in [0, 0.05) is 40.6 Å². The highest BCUT2D eigenvalue weighted by atomic mass is 32.1. The van der Waals surface area contributed by atoms with Crippen molar-refractivity contribution in [2.24, 2.45) is 0 Å². The number of phenolic OH excluding ortho intramolecular Hbond substituents is 1. The van der Waals surface area contributed by atoms with Gasteiger partial charge in [-0.2, -0.15) is 0 Å². The Balaban J connectivity index is 1.44. The normalized spacial score (nSPS) is 12.5. The van der Waals surface area contributed by atoms with Gasteiger partial charge in [-0.25, -0.2) is 4.98 Å². The number of aromatic nitrogens is 2. The summed E-state index contributed by atoms with van der Waals surface area (Å²) < 4.78 is 0. The number of pyridine rings is 2. The molecule has 260 valence electrons. The van der Waals surface area contributed by atoms with Crippen LogP contribution in [0.4, 0.5) is 0 Å². The van der Waals surface area contributed by atoms with Gasteiger partial charge in [0.05, 0.1) is 16.8 Å². The molecule has 7 rings (SSSR count). The Hall–Kier alpha value is -4.89. The monoisotopic (exact) mass is 716 g/mol. The largest absolute Gasteiger partial charge is 0.507 e. The molecule has 3 aromatic heterocycles. The second-order valence-electron chi connectivity index (χ2n) is 15.4. The first kappa shape index (κ1) is 35.5. The number of para-hydroxylation sites is 1. The molecule has 3 nitrogen and oxygen atoms in total. The standard InChI is InChI=1S/C47H45N2OPS/c1-31-22-23-44(52-31)39-18-9-11-20-43(39)51(45-21-12-13-24-48-45)37-16-14-15-32(27-37)40-28-34(29-41(49-40)38-17-8-10-19-42(38)50)33-25-35(46(2,3)4)30-36(26-33)47(5,6)7/h8-30,50H,1-7H3. The van der Waals surface area contributed by atoms with Crippen LogP contribution in [-0.2, 0) is 10.8 Å². The lowest BCUT2D eigenvalue weighted by Gasteiger charge is -2.26. The van der Waals surface area contributed by atoms with E-state index < -0.39 is 7.92 Å². The number of benzene rings is 4. The maximum atomic E-state index is 11.0. The Morgan fingerprint density at radius 2 is 1.23 bits per heavy atom. The molecule has 0 saturated carbocycles. The lowest BCUT2D eigenvalue weighted by molar-refractivity contribution is 0.477. The third kappa shape index (κ3) is 7.51. The van der Waals surface area contributed by atoms with Gasteiger partial charge in [-0.15, -0.1) is 11.3 Å². The summed E-state index contributed by atoms with van der Waals surface area (Å²) in [4.78, 5) is 12.7. The molecule has 0 amide bonds. The van der Waals surface area contributed by atoms with Crippen LogP contribution in [0.3, 0.4) is 0 Å². The number of thiophene rings is 1. The van der Waals surface area contributed by atoms with E-state index in [9.17, 15) is 5.11 Å². The molecule has 0 bridgehead atoms. The fourth-order valence-electron chi connectivity index (χ4n) is 6.47. The molecule has 1 atom stereocenters. The van der Waals surface area contributed by atoms with Gasteiger partial charge >= 0.3 is 0 Å². The molecule has 0 aliphatic heterocycles. The van der Waals surface area contributed by atoms with Crippen LogP contribution < -0.4 is 16.0 Å². The predicted octanol–water partition coefficient (Wildman–Crippen LogP) is 11.6. The van der Waals surface area contributed by atoms with Crippen molar-refractivity contribution in [3.8, 4) is 49.8 Å². The molecule has 1 N–H and O–H groups in total. The summed E-state index contributed by atoms with van der Waals surface area (Å²) in [5.74, 6) is 0.213. The van der Waals surface area contributed by atoms with Crippen LogP contribution in [0.15, 0.2) is 140 Å². The van der Waals surface area contributed by atoms with Crippen LogP contribution in [0, 0.1) is 6.92 Å². The molecule has 0 spiro atoms. The number of nitrogens with zero attached hydrogens (tertiary/aromatic N) is 2. The summed E-state index contributed by atoms with van der Waals surface area (Å²) in [6.07, 6.45) is 1.90. The van der Waals surface area contributed by atoms with E-state index in [-0.39, 0.29) is 16.6 Å². The van der Waals surface area contributed by atoms with Gasteiger partial charge in [-0.3, -0.25) is 4.98 Å². The predicted molar refractivity (Wildman–Crippen MR) is 224 cm³/mol. The van der Waals surface area contributed by atoms with Crippen molar-refractivity contribution in [3.05, 3.63) is 156 Å². The summed E-state index contributed by atoms with van der Waals surface area (Å²) in [7, 11) is -1.00. The number of hydrogen-bond donors (Lipinski definition) is 1. The number of phenols is 1. The quantitative estimate of drug-likeness (QED) is 0.167. The lowest BCUT2D eigenvalue weighted by Crippen LogP contribution is -2.24. The van der Waals surface area contributed by atoms with Crippen LogP contribution in [0.1, 0.15) is 57.5 Å². The second kappa shape index (κ2) is 14.3. The molecular formula is C47H45N2OPS. The van der Waals surface area contributed by atoms with E-state index in [1.807, 2.05) is 41.8 Å². The first-order valence-electron chi connectivity index (χ1n) is 17.8. The van der Waals surface area contributed by atoms with Gasteiger partial charge in [0.2, 0.25) is 0 Å². The highest BCUT2D eigenvalue weighted by Crippen LogP contribution is 2.41. The molecule has 3 heterocycles. The first-order valence-corrected chi connectivity index (χ1v) is 20.0. The van der Waals surface area contributed by atoms with Crippen molar-refractivity contribution in [3.63, 3.8) is 0 Å². The molecule has 52 heavy (non-hydrogen) atoms. The number of rotatable bonds is 7. The minimum Gasteiger partial charge on any atom is -0.507 e. The average Bonchev–Trinajstić information content (AvgIpc) is 3.57. The summed E-state index contributed by atoms with van der Waals surface area (Å²) in [5.41, 5.74) is 10.4. The zero-order chi connectivity index (χ0) is 36.6. The van der Waals surface area contributed by atoms with Crippen molar-refractivity contribution in [1.82, 2.24) is 9.97 Å². The summed E-state index contributed by atoms with van der Waals surface area (Å²) in [6.45, 7) is 15.8. The molecule has 0 saturated heterocycles. The van der Waals surface area contributed by atoms with Gasteiger partial charge in [-0.1, -0.05) is 120 Å². The fraction of sp³-hybridized carbons (Fsp3) is 0.191. The highest BCUT2D eigenvalue weighted by molar-refractivity contribution is 7.79. The SMILES string of the molecule is Cc1ccc(-c2ccccc2P(c2cccc(-c3cc(-c4cc(C(C)(C)C)cc(C(C)(C)C)c4)cc(-c4ccccc4O)n3)c2)c2ccccn2)s1. The minimum atomic E-state index is -1.00. The summed E-state index contributed by atoms with van der Waals surface area (Å²) in [5, 5.41) is 13.5. The zero-order valence-corrected chi connectivity index (χ0v) is 32.7. The molecule has 5 heteroatoms. The molecule has 0 fully saturated rings. The number of aromatic hydroxyl groups is 1. The zero-order valence-electron chi connectivity index (χ0n) is 31.0. The molecular weight excluding hydrogens is 672 g/mol. The third-order valence-corrected chi connectivity index (χ3v) is 12.9. The van der Waals surface area contributed by atoms with Crippen LogP contribution in [-0.4, -0.2) is 15.1 Å². The van der Waals surface area contributed by atoms with Crippen molar-refractivity contribution in [2.45, 2.75) is 59.3 Å². The Morgan fingerprint density at radius 3 is 1.88 bits per heavy atom. The molecule has 0 radical (unpaired) electrons. The van der Waals surface area contributed by atoms with Gasteiger partial charge in [0.25, 0.3) is 0 Å². The Bertz CT molecular complexity index is 2330. The lowest BCUT2D eigenvalue weighted by atomic mass is 9.79. The highest BCUT2D eigenvalue weighted by Gasteiger charge is 2.24. The van der Waals surface area contributed by atoms with E-state index in [4.69, 9.17) is 9.97 Å². The van der Waals surface area contributed by atoms with Crippen LogP contribution in [0.25, 0.3) is 44.1 Å². The first-order chi connectivity index (χ1) is 24.8. The van der Waals surface area contributed by atoms with Crippen molar-refractivity contribution >= 4 is 35.3 Å². The van der Waals surface area contributed by atoms with E-state index >= 15 is 0 Å². The maximum Gasteiger partial charge on any atom is 0.124 e. The molecule has 7 aromatic rings. The molecule has 1 unspecified atom stereocenters. The topological polar surface area (TPSA) is 46.0 Å². The summed E-state index contributed by atoms with van der Waals surface area (Å²) >= 11 is 1.83. The van der Waals surface area contributed by atoms with Crippen molar-refractivity contribution in [2.75, 3.05) is 0 Å².